The van der Waals surface area contributed by atoms with Gasteiger partial charge in [-0.1, -0.05) is 18.5 Å². The van der Waals surface area contributed by atoms with Crippen LogP contribution in [0, 0.1) is 18.3 Å². The molecule has 0 aromatic heterocycles. The van der Waals surface area contributed by atoms with Gasteiger partial charge in [0, 0.05) is 12.2 Å². The normalized spacial score (nSPS) is 26.5. The molecular formula is C15H19ClN2O. The number of halogens is 1. The van der Waals surface area contributed by atoms with Gasteiger partial charge in [-0.05, 0) is 44.4 Å². The summed E-state index contributed by atoms with van der Waals surface area (Å²) in [6.45, 7) is 6.71. The first-order valence-corrected chi connectivity index (χ1v) is 6.98. The first-order valence-electron chi connectivity index (χ1n) is 6.60. The molecule has 0 radical (unpaired) electrons. The van der Waals surface area contributed by atoms with Crippen LogP contribution >= 0.6 is 11.6 Å². The quantitative estimate of drug-likeness (QED) is 0.903. The van der Waals surface area contributed by atoms with Gasteiger partial charge in [0.2, 0.25) is 0 Å². The Labute approximate surface area is 119 Å². The number of aliphatic hydroxyl groups is 1. The average Bonchev–Trinajstić information content (AvgIpc) is 2.67. The second kappa shape index (κ2) is 5.03. The molecule has 2 rings (SSSR count). The van der Waals surface area contributed by atoms with E-state index in [4.69, 9.17) is 16.9 Å². The molecule has 1 saturated heterocycles. The Morgan fingerprint density at radius 3 is 2.84 bits per heavy atom. The Bertz CT molecular complexity index is 534. The highest BCUT2D eigenvalue weighted by molar-refractivity contribution is 6.32. The van der Waals surface area contributed by atoms with Crippen molar-refractivity contribution in [2.24, 2.45) is 0 Å². The molecule has 0 bridgehead atoms. The number of hydrogen-bond acceptors (Lipinski definition) is 3. The van der Waals surface area contributed by atoms with Gasteiger partial charge in [0.05, 0.1) is 22.2 Å². The molecule has 19 heavy (non-hydrogen) atoms. The maximum absolute atomic E-state index is 10.4. The van der Waals surface area contributed by atoms with Crippen LogP contribution in [0.3, 0.4) is 0 Å². The molecule has 0 saturated carbocycles. The van der Waals surface area contributed by atoms with E-state index in [1.165, 1.54) is 0 Å². The summed E-state index contributed by atoms with van der Waals surface area (Å²) >= 11 is 6.23. The van der Waals surface area contributed by atoms with Crippen molar-refractivity contribution in [2.45, 2.75) is 45.3 Å². The number of rotatable bonds is 2. The van der Waals surface area contributed by atoms with Gasteiger partial charge in [-0.3, -0.25) is 0 Å². The standard InChI is InChI=1S/C15H19ClN2O/c1-4-13-15(3,19)7-8-18(13)12-6-5-11(9-17)14(16)10(12)2/h5-6,13,19H,4,7-8H2,1-3H3/t13-,15-/m0/s1. The zero-order valence-corrected chi connectivity index (χ0v) is 12.3. The van der Waals surface area contributed by atoms with E-state index >= 15 is 0 Å². The third-order valence-corrected chi connectivity index (χ3v) is 4.61. The van der Waals surface area contributed by atoms with Gasteiger partial charge >= 0.3 is 0 Å². The molecule has 0 amide bonds. The summed E-state index contributed by atoms with van der Waals surface area (Å²) in [6.07, 6.45) is 1.63. The average molecular weight is 279 g/mol. The molecule has 1 heterocycles. The SMILES string of the molecule is CC[C@@H]1N(c2ccc(C#N)c(Cl)c2C)CC[C@]1(C)O. The molecule has 0 unspecified atom stereocenters. The minimum atomic E-state index is -0.665. The van der Waals surface area contributed by atoms with E-state index in [1.54, 1.807) is 6.07 Å². The van der Waals surface area contributed by atoms with Crippen molar-refractivity contribution in [3.63, 3.8) is 0 Å². The minimum absolute atomic E-state index is 0.0928. The van der Waals surface area contributed by atoms with Crippen LogP contribution in [-0.4, -0.2) is 23.3 Å². The smallest absolute Gasteiger partial charge is 0.101 e. The fraction of sp³-hybridized carbons (Fsp3) is 0.533. The third kappa shape index (κ3) is 2.31. The Balaban J connectivity index is 2.44. The Morgan fingerprint density at radius 2 is 2.26 bits per heavy atom. The molecule has 1 fully saturated rings. The van der Waals surface area contributed by atoms with Crippen LogP contribution < -0.4 is 4.90 Å². The van der Waals surface area contributed by atoms with E-state index in [1.807, 2.05) is 19.9 Å². The minimum Gasteiger partial charge on any atom is -0.388 e. The lowest BCUT2D eigenvalue weighted by atomic mass is 9.95. The molecule has 1 N–H and O–H groups in total. The Morgan fingerprint density at radius 1 is 1.58 bits per heavy atom. The Hall–Kier alpha value is -1.24. The van der Waals surface area contributed by atoms with Crippen molar-refractivity contribution in [2.75, 3.05) is 11.4 Å². The summed E-state index contributed by atoms with van der Waals surface area (Å²) in [7, 11) is 0. The highest BCUT2D eigenvalue weighted by Gasteiger charge is 2.41. The summed E-state index contributed by atoms with van der Waals surface area (Å²) in [6, 6.07) is 5.88. The molecule has 1 aliphatic rings. The molecule has 2 atom stereocenters. The predicted octanol–water partition coefficient (Wildman–Crippen LogP) is 3.26. The van der Waals surface area contributed by atoms with Crippen LogP contribution in [0.25, 0.3) is 0 Å². The fourth-order valence-corrected chi connectivity index (χ4v) is 3.23. The van der Waals surface area contributed by atoms with Crippen molar-refractivity contribution in [3.8, 4) is 6.07 Å². The van der Waals surface area contributed by atoms with E-state index in [2.05, 4.69) is 17.9 Å². The van der Waals surface area contributed by atoms with Crippen molar-refractivity contribution in [1.82, 2.24) is 0 Å². The van der Waals surface area contributed by atoms with Gasteiger partial charge in [-0.15, -0.1) is 0 Å². The van der Waals surface area contributed by atoms with Gasteiger partial charge in [-0.2, -0.15) is 5.26 Å². The monoisotopic (exact) mass is 278 g/mol. The van der Waals surface area contributed by atoms with Crippen LogP contribution in [0.4, 0.5) is 5.69 Å². The topological polar surface area (TPSA) is 47.3 Å². The molecule has 1 aliphatic heterocycles. The second-order valence-electron chi connectivity index (χ2n) is 5.41. The lowest BCUT2D eigenvalue weighted by Crippen LogP contribution is -2.42. The van der Waals surface area contributed by atoms with Crippen molar-refractivity contribution in [1.29, 1.82) is 5.26 Å². The number of anilines is 1. The van der Waals surface area contributed by atoms with Crippen LogP contribution in [0.15, 0.2) is 12.1 Å². The summed E-state index contributed by atoms with van der Waals surface area (Å²) in [5.74, 6) is 0. The maximum Gasteiger partial charge on any atom is 0.101 e. The first kappa shape index (κ1) is 14.2. The number of nitriles is 1. The van der Waals surface area contributed by atoms with Gasteiger partial charge < -0.3 is 10.0 Å². The molecular weight excluding hydrogens is 260 g/mol. The molecule has 0 spiro atoms. The van der Waals surface area contributed by atoms with E-state index in [-0.39, 0.29) is 6.04 Å². The molecule has 1 aromatic carbocycles. The number of nitrogens with zero attached hydrogens (tertiary/aromatic N) is 2. The predicted molar refractivity (Wildman–Crippen MR) is 77.6 cm³/mol. The van der Waals surface area contributed by atoms with Crippen LogP contribution in [0.2, 0.25) is 5.02 Å². The van der Waals surface area contributed by atoms with Gasteiger partial charge in [0.1, 0.15) is 6.07 Å². The van der Waals surface area contributed by atoms with Crippen molar-refractivity contribution < 1.29 is 5.11 Å². The molecule has 0 aliphatic carbocycles. The van der Waals surface area contributed by atoms with Gasteiger partial charge in [0.15, 0.2) is 0 Å². The van der Waals surface area contributed by atoms with E-state index in [0.29, 0.717) is 10.6 Å². The largest absolute Gasteiger partial charge is 0.388 e. The van der Waals surface area contributed by atoms with Crippen LogP contribution in [0.1, 0.15) is 37.8 Å². The Kier molecular flexibility index (Phi) is 3.75. The zero-order valence-electron chi connectivity index (χ0n) is 11.6. The van der Waals surface area contributed by atoms with E-state index in [9.17, 15) is 5.11 Å². The lowest BCUT2D eigenvalue weighted by Gasteiger charge is -2.33. The number of hydrogen-bond donors (Lipinski definition) is 1. The molecule has 1 aromatic rings. The third-order valence-electron chi connectivity index (χ3n) is 4.13. The summed E-state index contributed by atoms with van der Waals surface area (Å²) < 4.78 is 0. The lowest BCUT2D eigenvalue weighted by molar-refractivity contribution is 0.0501. The molecule has 4 heteroatoms. The van der Waals surface area contributed by atoms with Crippen molar-refractivity contribution >= 4 is 17.3 Å². The van der Waals surface area contributed by atoms with E-state index in [0.717, 1.165) is 30.6 Å². The maximum atomic E-state index is 10.4. The molecule has 3 nitrogen and oxygen atoms in total. The van der Waals surface area contributed by atoms with Crippen LogP contribution in [-0.2, 0) is 0 Å². The summed E-state index contributed by atoms with van der Waals surface area (Å²) in [4.78, 5) is 2.21. The highest BCUT2D eigenvalue weighted by Crippen LogP contribution is 2.38. The van der Waals surface area contributed by atoms with E-state index < -0.39 is 5.60 Å². The summed E-state index contributed by atoms with van der Waals surface area (Å²) in [5.41, 5.74) is 1.77. The summed E-state index contributed by atoms with van der Waals surface area (Å²) in [5, 5.41) is 19.9. The van der Waals surface area contributed by atoms with Crippen molar-refractivity contribution in [3.05, 3.63) is 28.3 Å². The van der Waals surface area contributed by atoms with Crippen LogP contribution in [0.5, 0.6) is 0 Å². The second-order valence-corrected chi connectivity index (χ2v) is 5.79. The van der Waals surface area contributed by atoms with Gasteiger partial charge in [0.25, 0.3) is 0 Å². The zero-order chi connectivity index (χ0) is 14.2. The fourth-order valence-electron chi connectivity index (χ4n) is 3.03. The highest BCUT2D eigenvalue weighted by atomic mass is 35.5. The first-order chi connectivity index (χ1) is 8.92. The van der Waals surface area contributed by atoms with Gasteiger partial charge in [-0.25, -0.2) is 0 Å². The number of benzene rings is 1. The molecule has 102 valence electrons.